The predicted molar refractivity (Wildman–Crippen MR) is 128 cm³/mol. The summed E-state index contributed by atoms with van der Waals surface area (Å²) in [5, 5.41) is 23.3. The largest absolute Gasteiger partial charge is 0.355 e. The summed E-state index contributed by atoms with van der Waals surface area (Å²) in [6, 6.07) is 22.5. The molecule has 0 aliphatic carbocycles. The van der Waals surface area contributed by atoms with Gasteiger partial charge in [0.15, 0.2) is 11.3 Å². The quantitative estimate of drug-likeness (QED) is 0.407. The van der Waals surface area contributed by atoms with Gasteiger partial charge in [0.1, 0.15) is 5.82 Å². The van der Waals surface area contributed by atoms with Gasteiger partial charge in [0.05, 0.1) is 23.5 Å². The highest BCUT2D eigenvalue weighted by Crippen LogP contribution is 2.25. The summed E-state index contributed by atoms with van der Waals surface area (Å²) in [7, 11) is 1.97. The number of fused-ring (bicyclic) bond motifs is 1. The van der Waals surface area contributed by atoms with Crippen LogP contribution in [0.2, 0.25) is 0 Å². The van der Waals surface area contributed by atoms with Gasteiger partial charge in [-0.2, -0.15) is 15.5 Å². The molecule has 0 aliphatic heterocycles. The number of rotatable bonds is 6. The molecule has 3 heterocycles. The molecule has 5 rings (SSSR count). The van der Waals surface area contributed by atoms with Crippen LogP contribution in [0.1, 0.15) is 21.6 Å². The molecule has 5 aromatic rings. The molecule has 0 atom stereocenters. The van der Waals surface area contributed by atoms with Crippen LogP contribution in [0, 0.1) is 11.3 Å². The number of hydrogen-bond donors (Lipinski definition) is 2. The molecule has 0 unspecified atom stereocenters. The SMILES string of the molecule is CN(Cc1ccccc1)c1cc(-c2cn[nH]c2)n2nc(C(=O)Nc3cccc(C#N)c3)cc2n1. The lowest BCUT2D eigenvalue weighted by Crippen LogP contribution is -2.18. The number of nitriles is 1. The lowest BCUT2D eigenvalue weighted by Gasteiger charge is -2.19. The third kappa shape index (κ3) is 4.20. The highest BCUT2D eigenvalue weighted by Gasteiger charge is 2.18. The van der Waals surface area contributed by atoms with Crippen molar-refractivity contribution in [3.05, 3.63) is 95.9 Å². The molecule has 9 nitrogen and oxygen atoms in total. The van der Waals surface area contributed by atoms with E-state index in [1.54, 1.807) is 47.2 Å². The van der Waals surface area contributed by atoms with Crippen molar-refractivity contribution in [2.24, 2.45) is 0 Å². The van der Waals surface area contributed by atoms with Gasteiger partial charge in [-0.25, -0.2) is 9.50 Å². The van der Waals surface area contributed by atoms with E-state index in [1.165, 1.54) is 0 Å². The molecular weight excluding hydrogens is 428 g/mol. The molecule has 0 spiro atoms. The van der Waals surface area contributed by atoms with Crippen molar-refractivity contribution in [1.82, 2.24) is 24.8 Å². The van der Waals surface area contributed by atoms with Gasteiger partial charge in [0, 0.05) is 43.2 Å². The third-order valence-electron chi connectivity index (χ3n) is 5.34. The van der Waals surface area contributed by atoms with Crippen LogP contribution in [0.4, 0.5) is 11.5 Å². The van der Waals surface area contributed by atoms with Gasteiger partial charge in [0.25, 0.3) is 5.91 Å². The van der Waals surface area contributed by atoms with E-state index >= 15 is 0 Å². The van der Waals surface area contributed by atoms with Crippen LogP contribution in [-0.4, -0.2) is 37.8 Å². The van der Waals surface area contributed by atoms with E-state index in [9.17, 15) is 4.79 Å². The summed E-state index contributed by atoms with van der Waals surface area (Å²) in [4.78, 5) is 19.7. The van der Waals surface area contributed by atoms with Crippen LogP contribution >= 0.6 is 0 Å². The van der Waals surface area contributed by atoms with Gasteiger partial charge >= 0.3 is 0 Å². The molecule has 166 valence electrons. The maximum Gasteiger partial charge on any atom is 0.276 e. The van der Waals surface area contributed by atoms with Gasteiger partial charge in [0.2, 0.25) is 0 Å². The summed E-state index contributed by atoms with van der Waals surface area (Å²) in [6.45, 7) is 0.672. The second-order valence-corrected chi connectivity index (χ2v) is 7.77. The smallest absolute Gasteiger partial charge is 0.276 e. The average Bonchev–Trinajstić information content (AvgIpc) is 3.54. The van der Waals surface area contributed by atoms with Crippen LogP contribution < -0.4 is 10.2 Å². The lowest BCUT2D eigenvalue weighted by atomic mass is 10.2. The van der Waals surface area contributed by atoms with Gasteiger partial charge < -0.3 is 10.2 Å². The molecule has 0 saturated carbocycles. The molecule has 2 aromatic carbocycles. The van der Waals surface area contributed by atoms with Gasteiger partial charge in [-0.15, -0.1) is 0 Å². The zero-order chi connectivity index (χ0) is 23.5. The number of carbonyl (C=O) groups is 1. The van der Waals surface area contributed by atoms with E-state index < -0.39 is 5.91 Å². The predicted octanol–water partition coefficient (Wildman–Crippen LogP) is 3.88. The fourth-order valence-electron chi connectivity index (χ4n) is 3.66. The molecule has 9 heteroatoms. The number of aromatic nitrogens is 5. The molecule has 0 bridgehead atoms. The van der Waals surface area contributed by atoms with Crippen LogP contribution in [0.3, 0.4) is 0 Å². The summed E-state index contributed by atoms with van der Waals surface area (Å²) >= 11 is 0. The van der Waals surface area contributed by atoms with E-state index in [2.05, 4.69) is 38.8 Å². The molecule has 0 fully saturated rings. The van der Waals surface area contributed by atoms with Crippen LogP contribution in [0.15, 0.2) is 79.1 Å². The summed E-state index contributed by atoms with van der Waals surface area (Å²) in [5.74, 6) is 0.346. The Morgan fingerprint density at radius 3 is 2.76 bits per heavy atom. The zero-order valence-corrected chi connectivity index (χ0v) is 18.3. The van der Waals surface area contributed by atoms with Crippen molar-refractivity contribution in [1.29, 1.82) is 5.26 Å². The van der Waals surface area contributed by atoms with Gasteiger partial charge in [-0.3, -0.25) is 9.89 Å². The first kappa shape index (κ1) is 20.9. The second-order valence-electron chi connectivity index (χ2n) is 7.77. The minimum atomic E-state index is -0.391. The fraction of sp³-hybridized carbons (Fsp3) is 0.0800. The van der Waals surface area contributed by atoms with Crippen LogP contribution in [0.5, 0.6) is 0 Å². The minimum absolute atomic E-state index is 0.211. The Balaban J connectivity index is 1.51. The molecule has 0 radical (unpaired) electrons. The lowest BCUT2D eigenvalue weighted by molar-refractivity contribution is 0.102. The summed E-state index contributed by atoms with van der Waals surface area (Å²) in [5.41, 5.74) is 4.45. The first-order chi connectivity index (χ1) is 16.6. The highest BCUT2D eigenvalue weighted by molar-refractivity contribution is 6.03. The first-order valence-electron chi connectivity index (χ1n) is 10.6. The van der Waals surface area contributed by atoms with Crippen molar-refractivity contribution < 1.29 is 4.79 Å². The number of aromatic amines is 1. The number of benzene rings is 2. The summed E-state index contributed by atoms with van der Waals surface area (Å²) in [6.07, 6.45) is 3.47. The number of anilines is 2. The standard InChI is InChI=1S/C25H20N8O/c1-32(16-17-6-3-2-4-7-17)23-12-22(19-14-27-28-15-19)33-24(30-23)11-21(31-33)25(34)29-20-9-5-8-18(10-20)13-26/h2-12,14-15H,16H2,1H3,(H,27,28)(H,29,34). The van der Waals surface area contributed by atoms with E-state index in [-0.39, 0.29) is 5.69 Å². The van der Waals surface area contributed by atoms with Crippen LogP contribution in [0.25, 0.3) is 16.9 Å². The molecule has 3 aromatic heterocycles. The normalized spacial score (nSPS) is 10.7. The molecule has 34 heavy (non-hydrogen) atoms. The van der Waals surface area contributed by atoms with Gasteiger partial charge in [-0.1, -0.05) is 36.4 Å². The van der Waals surface area contributed by atoms with Crippen molar-refractivity contribution in [3.63, 3.8) is 0 Å². The van der Waals surface area contributed by atoms with Crippen molar-refractivity contribution in [3.8, 4) is 17.3 Å². The van der Waals surface area contributed by atoms with Crippen molar-refractivity contribution in [2.75, 3.05) is 17.3 Å². The number of nitrogens with zero attached hydrogens (tertiary/aromatic N) is 6. The van der Waals surface area contributed by atoms with Gasteiger partial charge in [-0.05, 0) is 23.8 Å². The molecule has 1 amide bonds. The zero-order valence-electron chi connectivity index (χ0n) is 18.3. The molecule has 2 N–H and O–H groups in total. The Morgan fingerprint density at radius 1 is 1.15 bits per heavy atom. The molecular formula is C25H20N8O. The van der Waals surface area contributed by atoms with Crippen molar-refractivity contribution in [2.45, 2.75) is 6.54 Å². The second kappa shape index (κ2) is 8.88. The number of H-pyrrole nitrogens is 1. The van der Waals surface area contributed by atoms with E-state index in [0.717, 1.165) is 22.6 Å². The minimum Gasteiger partial charge on any atom is -0.355 e. The van der Waals surface area contributed by atoms with E-state index in [4.69, 9.17) is 10.2 Å². The Hall–Kier alpha value is -4.97. The number of nitrogens with one attached hydrogen (secondary N) is 2. The highest BCUT2D eigenvalue weighted by atomic mass is 16.1. The Bertz CT molecular complexity index is 1500. The molecule has 0 aliphatic rings. The number of carbonyl (C=O) groups excluding carboxylic acids is 1. The van der Waals surface area contributed by atoms with E-state index in [1.807, 2.05) is 36.2 Å². The maximum atomic E-state index is 12.9. The van der Waals surface area contributed by atoms with Crippen molar-refractivity contribution >= 4 is 23.1 Å². The third-order valence-corrected chi connectivity index (χ3v) is 5.34. The molecule has 0 saturated heterocycles. The topological polar surface area (TPSA) is 115 Å². The Kier molecular flexibility index (Phi) is 5.46. The van der Waals surface area contributed by atoms with Crippen LogP contribution in [-0.2, 0) is 6.54 Å². The average molecular weight is 448 g/mol. The maximum absolute atomic E-state index is 12.9. The number of hydrogen-bond acceptors (Lipinski definition) is 6. The number of amides is 1. The Morgan fingerprint density at radius 2 is 2.00 bits per heavy atom. The summed E-state index contributed by atoms with van der Waals surface area (Å²) < 4.78 is 1.63. The Labute approximate surface area is 195 Å². The monoisotopic (exact) mass is 448 g/mol. The van der Waals surface area contributed by atoms with E-state index in [0.29, 0.717) is 23.4 Å². The fourth-order valence-corrected chi connectivity index (χ4v) is 3.66. The first-order valence-corrected chi connectivity index (χ1v) is 10.6.